The highest BCUT2D eigenvalue weighted by atomic mass is 35.5. The predicted octanol–water partition coefficient (Wildman–Crippen LogP) is 2.05. The lowest BCUT2D eigenvalue weighted by Gasteiger charge is -2.23. The molecular weight excluding hydrogens is 403 g/mol. The lowest BCUT2D eigenvalue weighted by molar-refractivity contribution is -0.128. The lowest BCUT2D eigenvalue weighted by atomic mass is 10.1. The third kappa shape index (κ3) is 4.62. The molecule has 1 aromatic heterocycles. The van der Waals surface area contributed by atoms with E-state index in [2.05, 4.69) is 15.6 Å². The Hall–Kier alpha value is -2.19. The number of nitrogens with zero attached hydrogens (tertiary/aromatic N) is 2. The monoisotopic (exact) mass is 424 g/mol. The van der Waals surface area contributed by atoms with E-state index in [0.717, 1.165) is 29.9 Å². The van der Waals surface area contributed by atoms with Gasteiger partial charge in [-0.15, -0.1) is 24.8 Å². The molecule has 1 atom stereocenters. The molecule has 0 radical (unpaired) electrons. The molecule has 2 aliphatic rings. The minimum absolute atomic E-state index is 0. The molecule has 1 aromatic carbocycles. The zero-order valence-corrected chi connectivity index (χ0v) is 16.7. The van der Waals surface area contributed by atoms with Gasteiger partial charge in [0.05, 0.1) is 12.2 Å². The van der Waals surface area contributed by atoms with E-state index in [1.807, 2.05) is 18.2 Å². The van der Waals surface area contributed by atoms with Crippen molar-refractivity contribution in [2.24, 2.45) is 0 Å². The van der Waals surface area contributed by atoms with Crippen LogP contribution >= 0.6 is 24.8 Å². The van der Waals surface area contributed by atoms with Gasteiger partial charge in [-0.2, -0.15) is 0 Å². The maximum absolute atomic E-state index is 12.7. The first-order valence-electron chi connectivity index (χ1n) is 8.70. The fourth-order valence-electron chi connectivity index (χ4n) is 3.29. The zero-order chi connectivity index (χ0) is 17.9. The van der Waals surface area contributed by atoms with Gasteiger partial charge in [-0.3, -0.25) is 14.6 Å². The molecule has 28 heavy (non-hydrogen) atoms. The van der Waals surface area contributed by atoms with E-state index in [9.17, 15) is 9.59 Å². The average Bonchev–Trinajstić information content (AvgIpc) is 3.12. The predicted molar refractivity (Wildman–Crippen MR) is 112 cm³/mol. The number of aromatic nitrogens is 1. The molecule has 1 saturated heterocycles. The second kappa shape index (κ2) is 9.84. The Morgan fingerprint density at radius 3 is 2.82 bits per heavy atom. The largest absolute Gasteiger partial charge is 0.366 e. The Morgan fingerprint density at radius 2 is 2.11 bits per heavy atom. The topological polar surface area (TPSA) is 83.6 Å². The van der Waals surface area contributed by atoms with E-state index in [4.69, 9.17) is 4.74 Å². The van der Waals surface area contributed by atoms with Gasteiger partial charge in [0.15, 0.2) is 0 Å². The molecule has 3 heterocycles. The van der Waals surface area contributed by atoms with Crippen molar-refractivity contribution in [3.05, 3.63) is 53.9 Å². The lowest BCUT2D eigenvalue weighted by Crippen LogP contribution is -2.45. The van der Waals surface area contributed by atoms with Crippen LogP contribution in [0.15, 0.2) is 42.7 Å². The zero-order valence-electron chi connectivity index (χ0n) is 15.1. The second-order valence-electron chi connectivity index (χ2n) is 6.34. The smallest absolute Gasteiger partial charge is 0.259 e. The van der Waals surface area contributed by atoms with Crippen LogP contribution in [-0.4, -0.2) is 49.1 Å². The first-order valence-corrected chi connectivity index (χ1v) is 8.70. The van der Waals surface area contributed by atoms with Crippen LogP contribution in [0.1, 0.15) is 15.9 Å². The maximum atomic E-state index is 12.7. The Balaban J connectivity index is 0.00000140. The quantitative estimate of drug-likeness (QED) is 0.787. The first-order chi connectivity index (χ1) is 12.7. The summed E-state index contributed by atoms with van der Waals surface area (Å²) in [4.78, 5) is 30.7. The maximum Gasteiger partial charge on any atom is 0.259 e. The van der Waals surface area contributed by atoms with E-state index >= 15 is 0 Å². The summed E-state index contributed by atoms with van der Waals surface area (Å²) in [5.41, 5.74) is 3.22. The normalized spacial score (nSPS) is 17.7. The SMILES string of the molecule is Cl.Cl.O=C(Nc1ccc2c(c1)CCN2C(=O)c1cccnc1)C1CNCCO1. The Labute approximate surface area is 175 Å². The Bertz CT molecular complexity index is 829. The van der Waals surface area contributed by atoms with Crippen LogP contribution in [0, 0.1) is 0 Å². The number of amides is 2. The molecule has 2 aromatic rings. The summed E-state index contributed by atoms with van der Waals surface area (Å²) < 4.78 is 5.47. The summed E-state index contributed by atoms with van der Waals surface area (Å²) in [5.74, 6) is -0.214. The standard InChI is InChI=1S/C19H20N4O3.2ClH/c24-18(17-12-21-7-9-26-17)22-15-3-4-16-13(10-15)5-8-23(16)19(25)14-2-1-6-20-11-14;;/h1-4,6,10-11,17,21H,5,7-9,12H2,(H,22,24);2*1H. The van der Waals surface area contributed by atoms with Crippen molar-refractivity contribution < 1.29 is 14.3 Å². The number of carbonyl (C=O) groups is 2. The van der Waals surface area contributed by atoms with Crippen molar-refractivity contribution in [3.63, 3.8) is 0 Å². The fourth-order valence-corrected chi connectivity index (χ4v) is 3.29. The highest BCUT2D eigenvalue weighted by Gasteiger charge is 2.27. The third-order valence-electron chi connectivity index (χ3n) is 4.62. The van der Waals surface area contributed by atoms with Gasteiger partial charge >= 0.3 is 0 Å². The molecule has 1 unspecified atom stereocenters. The number of ether oxygens (including phenoxy) is 1. The summed E-state index contributed by atoms with van der Waals surface area (Å²) in [5, 5.41) is 6.04. The van der Waals surface area contributed by atoms with Gasteiger partial charge in [0.25, 0.3) is 11.8 Å². The average molecular weight is 425 g/mol. The van der Waals surface area contributed by atoms with E-state index in [-0.39, 0.29) is 36.6 Å². The number of fused-ring (bicyclic) bond motifs is 1. The number of hydrogen-bond donors (Lipinski definition) is 2. The van der Waals surface area contributed by atoms with Gasteiger partial charge in [-0.05, 0) is 42.3 Å². The highest BCUT2D eigenvalue weighted by molar-refractivity contribution is 6.07. The number of rotatable bonds is 3. The molecule has 0 spiro atoms. The summed E-state index contributed by atoms with van der Waals surface area (Å²) in [6, 6.07) is 9.15. The molecule has 0 aliphatic carbocycles. The van der Waals surface area contributed by atoms with Crippen molar-refractivity contribution in [2.75, 3.05) is 36.5 Å². The molecule has 2 N–H and O–H groups in total. The molecular formula is C19H22Cl2N4O3. The molecule has 0 bridgehead atoms. The fraction of sp³-hybridized carbons (Fsp3) is 0.316. The van der Waals surface area contributed by atoms with Crippen LogP contribution in [0.5, 0.6) is 0 Å². The van der Waals surface area contributed by atoms with Crippen LogP contribution in [0.4, 0.5) is 11.4 Å². The van der Waals surface area contributed by atoms with Crippen molar-refractivity contribution in [1.29, 1.82) is 0 Å². The number of morpholine rings is 1. The summed E-state index contributed by atoms with van der Waals surface area (Å²) in [7, 11) is 0. The minimum atomic E-state index is -0.472. The van der Waals surface area contributed by atoms with Crippen LogP contribution in [-0.2, 0) is 16.0 Å². The van der Waals surface area contributed by atoms with Crippen LogP contribution in [0.3, 0.4) is 0 Å². The second-order valence-corrected chi connectivity index (χ2v) is 6.34. The number of anilines is 2. The van der Waals surface area contributed by atoms with Gasteiger partial charge < -0.3 is 20.3 Å². The number of pyridine rings is 1. The number of benzene rings is 1. The number of carbonyl (C=O) groups excluding carboxylic acids is 2. The van der Waals surface area contributed by atoms with E-state index in [0.29, 0.717) is 25.3 Å². The van der Waals surface area contributed by atoms with Crippen LogP contribution in [0.25, 0.3) is 0 Å². The molecule has 0 saturated carbocycles. The molecule has 150 valence electrons. The van der Waals surface area contributed by atoms with Crippen molar-refractivity contribution >= 4 is 48.0 Å². The molecule has 2 aliphatic heterocycles. The van der Waals surface area contributed by atoms with Crippen molar-refractivity contribution in [3.8, 4) is 0 Å². The van der Waals surface area contributed by atoms with Crippen LogP contribution < -0.4 is 15.5 Å². The highest BCUT2D eigenvalue weighted by Crippen LogP contribution is 2.31. The molecule has 2 amide bonds. The molecule has 1 fully saturated rings. The Kier molecular flexibility index (Phi) is 7.77. The molecule has 9 heteroatoms. The number of nitrogens with one attached hydrogen (secondary N) is 2. The van der Waals surface area contributed by atoms with Crippen LogP contribution in [0.2, 0.25) is 0 Å². The van der Waals surface area contributed by atoms with E-state index in [1.165, 1.54) is 0 Å². The minimum Gasteiger partial charge on any atom is -0.366 e. The summed E-state index contributed by atoms with van der Waals surface area (Å²) in [6.07, 6.45) is 3.51. The molecule has 7 nitrogen and oxygen atoms in total. The third-order valence-corrected chi connectivity index (χ3v) is 4.62. The number of halogens is 2. The van der Waals surface area contributed by atoms with Gasteiger partial charge in [-0.25, -0.2) is 0 Å². The van der Waals surface area contributed by atoms with Gasteiger partial charge in [-0.1, -0.05) is 0 Å². The number of hydrogen-bond acceptors (Lipinski definition) is 5. The van der Waals surface area contributed by atoms with Crippen molar-refractivity contribution in [1.82, 2.24) is 10.3 Å². The molecule has 4 rings (SSSR count). The first kappa shape index (κ1) is 22.1. The summed E-state index contributed by atoms with van der Waals surface area (Å²) in [6.45, 7) is 2.44. The Morgan fingerprint density at radius 1 is 1.25 bits per heavy atom. The van der Waals surface area contributed by atoms with E-state index in [1.54, 1.807) is 29.4 Å². The van der Waals surface area contributed by atoms with Gasteiger partial charge in [0.1, 0.15) is 6.10 Å². The summed E-state index contributed by atoms with van der Waals surface area (Å²) >= 11 is 0. The van der Waals surface area contributed by atoms with Gasteiger partial charge in [0, 0.05) is 43.4 Å². The van der Waals surface area contributed by atoms with Crippen molar-refractivity contribution in [2.45, 2.75) is 12.5 Å². The van der Waals surface area contributed by atoms with E-state index < -0.39 is 6.10 Å². The van der Waals surface area contributed by atoms with Gasteiger partial charge in [0.2, 0.25) is 0 Å².